The Morgan fingerprint density at radius 3 is 2.07 bits per heavy atom. The summed E-state index contributed by atoms with van der Waals surface area (Å²) < 4.78 is 0. The normalized spacial score (nSPS) is 15.7. The molecule has 0 aromatic carbocycles. The average Bonchev–Trinajstić information content (AvgIpc) is 2.11. The zero-order valence-corrected chi connectivity index (χ0v) is 10.7. The molecule has 15 heavy (non-hydrogen) atoms. The monoisotopic (exact) mass is 215 g/mol. The van der Waals surface area contributed by atoms with Gasteiger partial charge in [0.15, 0.2) is 0 Å². The van der Waals surface area contributed by atoms with Crippen molar-refractivity contribution in [3.63, 3.8) is 0 Å². The lowest BCUT2D eigenvalue weighted by atomic mass is 10.0. The van der Waals surface area contributed by atoms with E-state index in [1.54, 1.807) is 0 Å². The van der Waals surface area contributed by atoms with Crippen molar-refractivity contribution < 1.29 is 9.90 Å². The zero-order chi connectivity index (χ0) is 12.0. The van der Waals surface area contributed by atoms with Gasteiger partial charge in [-0.05, 0) is 32.6 Å². The van der Waals surface area contributed by atoms with Crippen LogP contribution in [0.3, 0.4) is 0 Å². The van der Waals surface area contributed by atoms with Gasteiger partial charge >= 0.3 is 5.97 Å². The molecule has 0 saturated carbocycles. The molecule has 90 valence electrons. The van der Waals surface area contributed by atoms with E-state index in [0.717, 1.165) is 12.8 Å². The minimum atomic E-state index is -0.731. The molecule has 0 aliphatic carbocycles. The number of aliphatic carboxylic acids is 1. The van der Waals surface area contributed by atoms with Gasteiger partial charge in [-0.25, -0.2) is 0 Å². The van der Waals surface area contributed by atoms with Crippen molar-refractivity contribution in [1.82, 2.24) is 4.90 Å². The fourth-order valence-electron chi connectivity index (χ4n) is 1.95. The van der Waals surface area contributed by atoms with Gasteiger partial charge in [0.25, 0.3) is 0 Å². The Balaban J connectivity index is 4.39. The molecule has 0 rings (SSSR count). The Bertz CT molecular complexity index is 192. The topological polar surface area (TPSA) is 40.5 Å². The maximum absolute atomic E-state index is 10.8. The molecule has 2 atom stereocenters. The first-order chi connectivity index (χ1) is 6.88. The number of nitrogens with zero attached hydrogens (tertiary/aromatic N) is 1. The van der Waals surface area contributed by atoms with E-state index in [4.69, 9.17) is 5.11 Å². The zero-order valence-electron chi connectivity index (χ0n) is 10.7. The van der Waals surface area contributed by atoms with Crippen LogP contribution in [0.2, 0.25) is 0 Å². The number of hydrogen-bond donors (Lipinski definition) is 1. The molecule has 0 saturated heterocycles. The molecule has 0 heterocycles. The Morgan fingerprint density at radius 2 is 1.73 bits per heavy atom. The predicted octanol–water partition coefficient (Wildman–Crippen LogP) is 2.61. The second-order valence-electron chi connectivity index (χ2n) is 4.80. The number of rotatable bonds is 7. The summed E-state index contributed by atoms with van der Waals surface area (Å²) in [5, 5.41) is 8.87. The third-order valence-corrected chi connectivity index (χ3v) is 2.85. The van der Waals surface area contributed by atoms with E-state index < -0.39 is 5.97 Å². The minimum absolute atomic E-state index is 0.156. The van der Waals surface area contributed by atoms with Gasteiger partial charge in [0.2, 0.25) is 0 Å². The first kappa shape index (κ1) is 14.4. The number of carboxylic acids is 1. The van der Waals surface area contributed by atoms with Gasteiger partial charge in [0.1, 0.15) is 0 Å². The smallest absolute Gasteiger partial charge is 0.317 e. The van der Waals surface area contributed by atoms with Crippen molar-refractivity contribution in [1.29, 1.82) is 0 Å². The average molecular weight is 215 g/mol. The van der Waals surface area contributed by atoms with E-state index in [9.17, 15) is 4.79 Å². The quantitative estimate of drug-likeness (QED) is 0.709. The van der Waals surface area contributed by atoms with Crippen LogP contribution in [0, 0.1) is 5.92 Å². The highest BCUT2D eigenvalue weighted by atomic mass is 16.4. The van der Waals surface area contributed by atoms with Crippen molar-refractivity contribution in [2.45, 2.75) is 59.5 Å². The first-order valence-electron chi connectivity index (χ1n) is 5.86. The van der Waals surface area contributed by atoms with Crippen LogP contribution >= 0.6 is 0 Å². The maximum atomic E-state index is 10.8. The fraction of sp³-hybridized carbons (Fsp3) is 0.917. The van der Waals surface area contributed by atoms with Crippen LogP contribution in [0.15, 0.2) is 0 Å². The fourth-order valence-corrected chi connectivity index (χ4v) is 1.95. The lowest BCUT2D eigenvalue weighted by Crippen LogP contribution is -2.43. The van der Waals surface area contributed by atoms with Crippen molar-refractivity contribution >= 4 is 5.97 Å². The van der Waals surface area contributed by atoms with Crippen LogP contribution in [-0.4, -0.2) is 34.6 Å². The van der Waals surface area contributed by atoms with Crippen molar-refractivity contribution in [3.8, 4) is 0 Å². The van der Waals surface area contributed by atoms with Crippen LogP contribution in [0.1, 0.15) is 47.5 Å². The maximum Gasteiger partial charge on any atom is 0.317 e. The Morgan fingerprint density at radius 1 is 1.20 bits per heavy atom. The van der Waals surface area contributed by atoms with Crippen LogP contribution in [0.5, 0.6) is 0 Å². The standard InChI is InChI=1S/C12H25NO2/c1-6-10(4)13(8-12(14)15)11(5)7-9(2)3/h9-11H,6-8H2,1-5H3,(H,14,15). The Kier molecular flexibility index (Phi) is 6.57. The lowest BCUT2D eigenvalue weighted by Gasteiger charge is -2.33. The molecule has 1 N–H and O–H groups in total. The van der Waals surface area contributed by atoms with Gasteiger partial charge in [-0.3, -0.25) is 9.69 Å². The lowest BCUT2D eigenvalue weighted by molar-refractivity contribution is -0.139. The van der Waals surface area contributed by atoms with Gasteiger partial charge in [-0.15, -0.1) is 0 Å². The van der Waals surface area contributed by atoms with Crippen LogP contribution in [-0.2, 0) is 4.79 Å². The SMILES string of the molecule is CCC(C)N(CC(=O)O)C(C)CC(C)C. The van der Waals surface area contributed by atoms with E-state index >= 15 is 0 Å². The largest absolute Gasteiger partial charge is 0.480 e. The van der Waals surface area contributed by atoms with Crippen molar-refractivity contribution in [2.75, 3.05) is 6.54 Å². The molecule has 0 bridgehead atoms. The molecule has 0 amide bonds. The number of carbonyl (C=O) groups is 1. The third-order valence-electron chi connectivity index (χ3n) is 2.85. The molecule has 0 fully saturated rings. The number of carboxylic acid groups (broad SMARTS) is 1. The summed E-state index contributed by atoms with van der Waals surface area (Å²) in [5.41, 5.74) is 0. The number of hydrogen-bond acceptors (Lipinski definition) is 2. The second kappa shape index (κ2) is 6.83. The van der Waals surface area contributed by atoms with E-state index in [0.29, 0.717) is 18.0 Å². The van der Waals surface area contributed by atoms with Crippen LogP contribution < -0.4 is 0 Å². The first-order valence-corrected chi connectivity index (χ1v) is 5.86. The predicted molar refractivity (Wildman–Crippen MR) is 63.0 cm³/mol. The van der Waals surface area contributed by atoms with Gasteiger partial charge < -0.3 is 5.11 Å². The molecule has 0 aliphatic rings. The molecule has 2 unspecified atom stereocenters. The van der Waals surface area contributed by atoms with Crippen molar-refractivity contribution in [3.05, 3.63) is 0 Å². The van der Waals surface area contributed by atoms with E-state index in [-0.39, 0.29) is 6.54 Å². The van der Waals surface area contributed by atoms with E-state index in [1.165, 1.54) is 0 Å². The van der Waals surface area contributed by atoms with Crippen molar-refractivity contribution in [2.24, 2.45) is 5.92 Å². The third kappa shape index (κ3) is 5.78. The summed E-state index contributed by atoms with van der Waals surface area (Å²) in [7, 11) is 0. The van der Waals surface area contributed by atoms with Gasteiger partial charge in [0.05, 0.1) is 6.54 Å². The Labute approximate surface area is 93.5 Å². The Hall–Kier alpha value is -0.570. The summed E-state index contributed by atoms with van der Waals surface area (Å²) in [6.07, 6.45) is 2.05. The molecule has 0 aliphatic heterocycles. The highest BCUT2D eigenvalue weighted by Gasteiger charge is 2.21. The molecular formula is C12H25NO2. The van der Waals surface area contributed by atoms with E-state index in [2.05, 4.69) is 39.5 Å². The highest BCUT2D eigenvalue weighted by Crippen LogP contribution is 2.15. The molecule has 0 aromatic heterocycles. The van der Waals surface area contributed by atoms with Gasteiger partial charge in [0, 0.05) is 12.1 Å². The molecule has 0 spiro atoms. The second-order valence-corrected chi connectivity index (χ2v) is 4.80. The summed E-state index contributed by atoms with van der Waals surface area (Å²) in [6, 6.07) is 0.686. The molecular weight excluding hydrogens is 190 g/mol. The molecule has 0 aromatic rings. The highest BCUT2D eigenvalue weighted by molar-refractivity contribution is 5.69. The van der Waals surface area contributed by atoms with Crippen LogP contribution in [0.25, 0.3) is 0 Å². The molecule has 3 nitrogen and oxygen atoms in total. The summed E-state index contributed by atoms with van der Waals surface area (Å²) >= 11 is 0. The van der Waals surface area contributed by atoms with Gasteiger partial charge in [-0.1, -0.05) is 20.8 Å². The van der Waals surface area contributed by atoms with E-state index in [1.807, 2.05) is 0 Å². The van der Waals surface area contributed by atoms with Crippen LogP contribution in [0.4, 0.5) is 0 Å². The minimum Gasteiger partial charge on any atom is -0.480 e. The molecule has 3 heteroatoms. The summed E-state index contributed by atoms with van der Waals surface area (Å²) in [5.74, 6) is -0.119. The summed E-state index contributed by atoms with van der Waals surface area (Å²) in [4.78, 5) is 12.9. The van der Waals surface area contributed by atoms with Gasteiger partial charge in [-0.2, -0.15) is 0 Å². The summed E-state index contributed by atoms with van der Waals surface area (Å²) in [6.45, 7) is 10.8. The molecule has 0 radical (unpaired) electrons.